The van der Waals surface area contributed by atoms with Crippen LogP contribution in [0.1, 0.15) is 43.4 Å². The fraction of sp³-hybridized carbons (Fsp3) is 0.194. The van der Waals surface area contributed by atoms with Crippen LogP contribution < -0.4 is 19.5 Å². The molecule has 1 saturated heterocycles. The van der Waals surface area contributed by atoms with E-state index in [1.165, 1.54) is 21.3 Å². The molecule has 1 N–H and O–H groups in total. The molecule has 3 aliphatic heterocycles. The minimum atomic E-state index is -1.46. The summed E-state index contributed by atoms with van der Waals surface area (Å²) >= 11 is 0. The quantitative estimate of drug-likeness (QED) is 0.278. The highest BCUT2D eigenvalue weighted by atomic mass is 16.5. The average molecular weight is 587 g/mol. The molecule has 0 bridgehead atoms. The van der Waals surface area contributed by atoms with E-state index < -0.39 is 23.4 Å². The monoisotopic (exact) mass is 586 g/mol. The van der Waals surface area contributed by atoms with Crippen molar-refractivity contribution in [1.29, 1.82) is 0 Å². The van der Waals surface area contributed by atoms with E-state index in [1.807, 2.05) is 65.7 Å². The van der Waals surface area contributed by atoms with Gasteiger partial charge in [-0.2, -0.15) is 0 Å². The van der Waals surface area contributed by atoms with E-state index in [-0.39, 0.29) is 23.0 Å². The van der Waals surface area contributed by atoms with Gasteiger partial charge in [-0.05, 0) is 53.1 Å². The first-order valence-corrected chi connectivity index (χ1v) is 14.3. The molecule has 4 unspecified atom stereocenters. The number of amides is 1. The maximum Gasteiger partial charge on any atom is 0.238 e. The predicted octanol–water partition coefficient (Wildman–Crippen LogP) is 5.69. The topological polar surface area (TPSA) is 94.2 Å². The Morgan fingerprint density at radius 2 is 1.48 bits per heavy atom. The third-order valence-electron chi connectivity index (χ3n) is 9.17. The van der Waals surface area contributed by atoms with E-state index in [0.29, 0.717) is 34.1 Å². The first-order valence-electron chi connectivity index (χ1n) is 14.3. The first-order chi connectivity index (χ1) is 21.4. The second kappa shape index (κ2) is 10.4. The van der Waals surface area contributed by atoms with Crippen LogP contribution in [0.5, 0.6) is 17.2 Å². The largest absolute Gasteiger partial charge is 0.497 e. The molecule has 4 atom stereocenters. The molecule has 0 radical (unpaired) electrons. The van der Waals surface area contributed by atoms with Crippen LogP contribution in [-0.2, 0) is 10.2 Å². The standard InChI is InChI=1S/C36H30N2O6/c1-42-22-16-17-25(29(20-22)44-3)32(39)30-31(33(40)24-12-6-9-15-28(24)43-2)38-19-18-21-10-4-5-11-23(21)34(38)36(30)26-13-7-8-14-27(26)37-35(36)41/h4-20,30-31,34H,1-3H3,(H,37,41). The Hall–Kier alpha value is -5.37. The number of para-hydroxylation sites is 2. The number of Topliss-reactive ketones (excluding diaryl/α,β-unsaturated/α-hetero) is 2. The summed E-state index contributed by atoms with van der Waals surface area (Å²) in [5.74, 6) is -0.992. The maximum absolute atomic E-state index is 15.2. The third-order valence-corrected chi connectivity index (χ3v) is 9.17. The Morgan fingerprint density at radius 1 is 0.773 bits per heavy atom. The van der Waals surface area contributed by atoms with Crippen molar-refractivity contribution in [2.24, 2.45) is 5.92 Å². The van der Waals surface area contributed by atoms with Gasteiger partial charge in [0.25, 0.3) is 0 Å². The second-order valence-corrected chi connectivity index (χ2v) is 11.1. The number of hydrogen-bond acceptors (Lipinski definition) is 7. The Bertz CT molecular complexity index is 1870. The lowest BCUT2D eigenvalue weighted by atomic mass is 9.62. The molecule has 8 nitrogen and oxygen atoms in total. The van der Waals surface area contributed by atoms with Crippen LogP contribution in [-0.4, -0.2) is 49.7 Å². The van der Waals surface area contributed by atoms with Crippen molar-refractivity contribution >= 4 is 29.2 Å². The summed E-state index contributed by atoms with van der Waals surface area (Å²) in [5.41, 5.74) is 2.20. The molecule has 0 saturated carbocycles. The van der Waals surface area contributed by atoms with Gasteiger partial charge in [-0.3, -0.25) is 14.4 Å². The van der Waals surface area contributed by atoms with Crippen molar-refractivity contribution in [1.82, 2.24) is 4.90 Å². The summed E-state index contributed by atoms with van der Waals surface area (Å²) < 4.78 is 16.7. The van der Waals surface area contributed by atoms with E-state index >= 15 is 4.79 Å². The van der Waals surface area contributed by atoms with Gasteiger partial charge in [0, 0.05) is 18.0 Å². The van der Waals surface area contributed by atoms with Crippen LogP contribution in [0.25, 0.3) is 6.08 Å². The van der Waals surface area contributed by atoms with Gasteiger partial charge in [0.15, 0.2) is 11.6 Å². The van der Waals surface area contributed by atoms with Crippen LogP contribution in [0.15, 0.2) is 97.2 Å². The Balaban J connectivity index is 1.55. The van der Waals surface area contributed by atoms with Crippen LogP contribution >= 0.6 is 0 Å². The van der Waals surface area contributed by atoms with Crippen molar-refractivity contribution in [2.75, 3.05) is 26.6 Å². The van der Waals surface area contributed by atoms with Gasteiger partial charge in [0.05, 0.1) is 44.4 Å². The van der Waals surface area contributed by atoms with Crippen LogP contribution in [0.4, 0.5) is 5.69 Å². The van der Waals surface area contributed by atoms with E-state index in [1.54, 1.807) is 42.5 Å². The number of hydrogen-bond donors (Lipinski definition) is 1. The van der Waals surface area contributed by atoms with Crippen molar-refractivity contribution in [3.8, 4) is 17.2 Å². The molecule has 3 heterocycles. The number of carbonyl (C=O) groups excluding carboxylic acids is 3. The van der Waals surface area contributed by atoms with Crippen LogP contribution in [0.3, 0.4) is 0 Å². The Labute approximate surface area is 254 Å². The van der Waals surface area contributed by atoms with Gasteiger partial charge < -0.3 is 24.4 Å². The summed E-state index contributed by atoms with van der Waals surface area (Å²) in [7, 11) is 4.52. The summed E-state index contributed by atoms with van der Waals surface area (Å²) in [6, 6.07) is 25.4. The zero-order valence-electron chi connectivity index (χ0n) is 24.4. The molecule has 3 aliphatic rings. The molecule has 220 valence electrons. The SMILES string of the molecule is COc1ccc(C(=O)C2C(C(=O)c3ccccc3OC)N3C=Cc4ccccc4C3C23C(=O)Nc2ccccc23)c(OC)c1. The predicted molar refractivity (Wildman–Crippen MR) is 165 cm³/mol. The highest BCUT2D eigenvalue weighted by molar-refractivity contribution is 6.17. The molecule has 4 aromatic rings. The molecule has 1 fully saturated rings. The zero-order valence-corrected chi connectivity index (χ0v) is 24.4. The van der Waals surface area contributed by atoms with Gasteiger partial charge in [-0.1, -0.05) is 54.6 Å². The minimum absolute atomic E-state index is 0.254. The normalized spacial score (nSPS) is 22.6. The molecule has 1 spiro atoms. The van der Waals surface area contributed by atoms with Gasteiger partial charge in [-0.25, -0.2) is 0 Å². The number of methoxy groups -OCH3 is 3. The number of rotatable bonds is 7. The molecule has 0 aromatic heterocycles. The maximum atomic E-state index is 15.2. The molecule has 1 amide bonds. The number of nitrogens with zero attached hydrogens (tertiary/aromatic N) is 1. The zero-order chi connectivity index (χ0) is 30.6. The molecule has 44 heavy (non-hydrogen) atoms. The first kappa shape index (κ1) is 27.5. The Morgan fingerprint density at radius 3 is 2.27 bits per heavy atom. The van der Waals surface area contributed by atoms with Gasteiger partial charge in [0.1, 0.15) is 28.7 Å². The van der Waals surface area contributed by atoms with Crippen LogP contribution in [0, 0.1) is 5.92 Å². The van der Waals surface area contributed by atoms with Crippen LogP contribution in [0.2, 0.25) is 0 Å². The lowest BCUT2D eigenvalue weighted by Gasteiger charge is -2.38. The van der Waals surface area contributed by atoms with Gasteiger partial charge >= 0.3 is 0 Å². The van der Waals surface area contributed by atoms with Crippen molar-refractivity contribution < 1.29 is 28.6 Å². The highest BCUT2D eigenvalue weighted by Crippen LogP contribution is 2.62. The Kier molecular flexibility index (Phi) is 6.50. The molecular formula is C36H30N2O6. The lowest BCUT2D eigenvalue weighted by Crippen LogP contribution is -2.49. The summed E-state index contributed by atoms with van der Waals surface area (Å²) in [6.45, 7) is 0. The average Bonchev–Trinajstić information content (AvgIpc) is 3.55. The van der Waals surface area contributed by atoms with Gasteiger partial charge in [0.2, 0.25) is 5.91 Å². The fourth-order valence-electron chi connectivity index (χ4n) is 7.34. The molecule has 8 heteroatoms. The van der Waals surface area contributed by atoms with Crippen molar-refractivity contribution in [3.05, 3.63) is 125 Å². The van der Waals surface area contributed by atoms with E-state index in [4.69, 9.17) is 14.2 Å². The summed E-state index contributed by atoms with van der Waals surface area (Å²) in [4.78, 5) is 46.6. The fourth-order valence-corrected chi connectivity index (χ4v) is 7.34. The molecule has 0 aliphatic carbocycles. The number of fused-ring (bicyclic) bond motifs is 6. The second-order valence-electron chi connectivity index (χ2n) is 11.1. The smallest absolute Gasteiger partial charge is 0.238 e. The van der Waals surface area contributed by atoms with E-state index in [2.05, 4.69) is 5.32 Å². The summed E-state index contributed by atoms with van der Waals surface area (Å²) in [6.07, 6.45) is 3.78. The number of anilines is 1. The van der Waals surface area contributed by atoms with Gasteiger partial charge in [-0.15, -0.1) is 0 Å². The number of nitrogens with one attached hydrogen (secondary N) is 1. The van der Waals surface area contributed by atoms with Crippen molar-refractivity contribution in [2.45, 2.75) is 17.5 Å². The lowest BCUT2D eigenvalue weighted by molar-refractivity contribution is -0.122. The van der Waals surface area contributed by atoms with E-state index in [0.717, 1.165) is 11.1 Å². The van der Waals surface area contributed by atoms with Crippen molar-refractivity contribution in [3.63, 3.8) is 0 Å². The third kappa shape index (κ3) is 3.73. The molecule has 7 rings (SSSR count). The number of ether oxygens (including phenoxy) is 3. The van der Waals surface area contributed by atoms with E-state index in [9.17, 15) is 9.59 Å². The number of carbonyl (C=O) groups is 3. The molecular weight excluding hydrogens is 556 g/mol. The number of ketones is 2. The minimum Gasteiger partial charge on any atom is -0.497 e. The molecule has 4 aromatic carbocycles. The summed E-state index contributed by atoms with van der Waals surface area (Å²) in [5, 5.41) is 3.07. The number of benzene rings is 4. The highest BCUT2D eigenvalue weighted by Gasteiger charge is 2.71.